The number of rotatable bonds is 4. The van der Waals surface area contributed by atoms with E-state index in [4.69, 9.17) is 4.42 Å². The molecule has 0 aliphatic heterocycles. The molecule has 1 aromatic heterocycles. The van der Waals surface area contributed by atoms with Gasteiger partial charge in [-0.2, -0.15) is 0 Å². The zero-order valence-corrected chi connectivity index (χ0v) is 21.8. The van der Waals surface area contributed by atoms with E-state index < -0.39 is 0 Å². The predicted molar refractivity (Wildman–Crippen MR) is 169 cm³/mol. The molecule has 0 bridgehead atoms. The van der Waals surface area contributed by atoms with E-state index in [1.165, 1.54) is 32.7 Å². The Bertz CT molecular complexity index is 2120. The Balaban J connectivity index is 1.48. The summed E-state index contributed by atoms with van der Waals surface area (Å²) < 4.78 is 6.67. The summed E-state index contributed by atoms with van der Waals surface area (Å²) in [6.45, 7) is 0. The Kier molecular flexibility index (Phi) is 5.17. The maximum atomic E-state index is 6.67. The fourth-order valence-electron chi connectivity index (χ4n) is 6.11. The fourth-order valence-corrected chi connectivity index (χ4v) is 6.11. The molecule has 0 aliphatic rings. The summed E-state index contributed by atoms with van der Waals surface area (Å²) in [4.78, 5) is 2.32. The van der Waals surface area contributed by atoms with E-state index in [-0.39, 0.29) is 0 Å². The van der Waals surface area contributed by atoms with Gasteiger partial charge in [0, 0.05) is 16.8 Å². The van der Waals surface area contributed by atoms with Gasteiger partial charge in [0.1, 0.15) is 11.2 Å². The number of furan rings is 1. The third kappa shape index (κ3) is 3.50. The highest BCUT2D eigenvalue weighted by atomic mass is 16.3. The quantitative estimate of drug-likeness (QED) is 0.234. The Labute approximate surface area is 232 Å². The highest BCUT2D eigenvalue weighted by Gasteiger charge is 2.22. The van der Waals surface area contributed by atoms with Crippen LogP contribution in [0.25, 0.3) is 54.6 Å². The molecule has 2 heteroatoms. The highest BCUT2D eigenvalue weighted by molar-refractivity contribution is 6.26. The van der Waals surface area contributed by atoms with Crippen LogP contribution in [0.3, 0.4) is 0 Å². The minimum absolute atomic E-state index is 0.879. The largest absolute Gasteiger partial charge is 0.456 e. The van der Waals surface area contributed by atoms with Crippen LogP contribution in [-0.4, -0.2) is 0 Å². The standard InChI is InChI=1S/C38H25NO/c1-3-15-27(16-4-1)39(28-17-5-2-6-18-28)34-23-12-24-35-38(34)37-32-21-10-9-20-31(32)33(25-36(37)40-35)30-22-11-14-26-13-7-8-19-29(26)30/h1-25H. The van der Waals surface area contributed by atoms with Gasteiger partial charge in [-0.15, -0.1) is 0 Å². The maximum absolute atomic E-state index is 6.67. The van der Waals surface area contributed by atoms with Crippen molar-refractivity contribution in [2.24, 2.45) is 0 Å². The van der Waals surface area contributed by atoms with Crippen LogP contribution in [0.5, 0.6) is 0 Å². The smallest absolute Gasteiger partial charge is 0.137 e. The molecule has 0 saturated carbocycles. The molecule has 8 rings (SSSR count). The second kappa shape index (κ2) is 9.14. The van der Waals surface area contributed by atoms with Crippen molar-refractivity contribution >= 4 is 60.5 Å². The lowest BCUT2D eigenvalue weighted by atomic mass is 9.92. The van der Waals surface area contributed by atoms with Crippen molar-refractivity contribution in [1.82, 2.24) is 0 Å². The highest BCUT2D eigenvalue weighted by Crippen LogP contribution is 2.47. The summed E-state index contributed by atoms with van der Waals surface area (Å²) in [5.74, 6) is 0. The van der Waals surface area contributed by atoms with E-state index >= 15 is 0 Å². The fraction of sp³-hybridized carbons (Fsp3) is 0. The van der Waals surface area contributed by atoms with Gasteiger partial charge in [-0.25, -0.2) is 0 Å². The van der Waals surface area contributed by atoms with Crippen molar-refractivity contribution in [1.29, 1.82) is 0 Å². The van der Waals surface area contributed by atoms with Crippen LogP contribution in [0.1, 0.15) is 0 Å². The van der Waals surface area contributed by atoms with Crippen LogP contribution in [-0.2, 0) is 0 Å². The number of benzene rings is 7. The second-order valence-electron chi connectivity index (χ2n) is 10.1. The molecule has 0 radical (unpaired) electrons. The average molecular weight is 512 g/mol. The summed E-state index contributed by atoms with van der Waals surface area (Å²) in [6, 6.07) is 53.6. The lowest BCUT2D eigenvalue weighted by Crippen LogP contribution is -2.09. The third-order valence-corrected chi connectivity index (χ3v) is 7.83. The van der Waals surface area contributed by atoms with Gasteiger partial charge in [0.15, 0.2) is 0 Å². The SMILES string of the molecule is c1ccc(N(c2ccccc2)c2cccc3oc4cc(-c5cccc6ccccc56)c5ccccc5c4c23)cc1. The van der Waals surface area contributed by atoms with Gasteiger partial charge in [-0.3, -0.25) is 0 Å². The molecule has 40 heavy (non-hydrogen) atoms. The molecule has 2 nitrogen and oxygen atoms in total. The monoisotopic (exact) mass is 511 g/mol. The molecule has 0 fully saturated rings. The number of hydrogen-bond acceptors (Lipinski definition) is 2. The van der Waals surface area contributed by atoms with Crippen LogP contribution < -0.4 is 4.90 Å². The maximum Gasteiger partial charge on any atom is 0.137 e. The van der Waals surface area contributed by atoms with E-state index in [0.29, 0.717) is 0 Å². The van der Waals surface area contributed by atoms with Crippen LogP contribution >= 0.6 is 0 Å². The van der Waals surface area contributed by atoms with E-state index in [0.717, 1.165) is 39.0 Å². The van der Waals surface area contributed by atoms with Gasteiger partial charge in [-0.1, -0.05) is 109 Å². The Hall–Kier alpha value is -5.34. The van der Waals surface area contributed by atoms with Gasteiger partial charge in [0.2, 0.25) is 0 Å². The Morgan fingerprint density at radius 3 is 1.75 bits per heavy atom. The first kappa shape index (κ1) is 22.6. The topological polar surface area (TPSA) is 16.4 Å². The number of nitrogens with zero attached hydrogens (tertiary/aromatic N) is 1. The second-order valence-corrected chi connectivity index (χ2v) is 10.1. The summed E-state index contributed by atoms with van der Waals surface area (Å²) >= 11 is 0. The van der Waals surface area contributed by atoms with Crippen molar-refractivity contribution in [2.45, 2.75) is 0 Å². The van der Waals surface area contributed by atoms with Crippen molar-refractivity contribution in [3.05, 3.63) is 152 Å². The zero-order valence-electron chi connectivity index (χ0n) is 21.8. The van der Waals surface area contributed by atoms with E-state index in [2.05, 4.69) is 157 Å². The average Bonchev–Trinajstić information content (AvgIpc) is 3.41. The number of hydrogen-bond donors (Lipinski definition) is 0. The first-order chi connectivity index (χ1) is 19.9. The molecular weight excluding hydrogens is 486 g/mol. The van der Waals surface area contributed by atoms with E-state index in [1.54, 1.807) is 0 Å². The molecule has 8 aromatic rings. The Morgan fingerprint density at radius 1 is 0.400 bits per heavy atom. The van der Waals surface area contributed by atoms with Crippen LogP contribution in [0.15, 0.2) is 156 Å². The van der Waals surface area contributed by atoms with Crippen molar-refractivity contribution in [3.63, 3.8) is 0 Å². The van der Waals surface area contributed by atoms with Crippen molar-refractivity contribution in [3.8, 4) is 11.1 Å². The van der Waals surface area contributed by atoms with Gasteiger partial charge in [0.25, 0.3) is 0 Å². The number of fused-ring (bicyclic) bond motifs is 6. The van der Waals surface area contributed by atoms with Gasteiger partial charge < -0.3 is 9.32 Å². The lowest BCUT2D eigenvalue weighted by molar-refractivity contribution is 0.669. The molecule has 0 atom stereocenters. The molecule has 0 N–H and O–H groups in total. The molecule has 1 heterocycles. The summed E-state index contributed by atoms with van der Waals surface area (Å²) in [5, 5.41) is 7.14. The normalized spacial score (nSPS) is 11.5. The predicted octanol–water partition coefficient (Wildman–Crippen LogP) is 11.0. The molecule has 188 valence electrons. The van der Waals surface area contributed by atoms with E-state index in [1.807, 2.05) is 0 Å². The summed E-state index contributed by atoms with van der Waals surface area (Å²) in [7, 11) is 0. The molecule has 0 aliphatic carbocycles. The Morgan fingerprint density at radius 2 is 1.00 bits per heavy atom. The van der Waals surface area contributed by atoms with Gasteiger partial charge in [-0.05, 0) is 75.1 Å². The van der Waals surface area contributed by atoms with Crippen LogP contribution in [0.4, 0.5) is 17.1 Å². The van der Waals surface area contributed by atoms with Gasteiger partial charge in [0.05, 0.1) is 11.1 Å². The molecule has 0 amide bonds. The summed E-state index contributed by atoms with van der Waals surface area (Å²) in [6.07, 6.45) is 0. The molecular formula is C38H25NO. The number of anilines is 3. The zero-order chi connectivity index (χ0) is 26.5. The first-order valence-electron chi connectivity index (χ1n) is 13.6. The number of para-hydroxylation sites is 2. The molecule has 7 aromatic carbocycles. The van der Waals surface area contributed by atoms with Crippen LogP contribution in [0.2, 0.25) is 0 Å². The van der Waals surface area contributed by atoms with Gasteiger partial charge >= 0.3 is 0 Å². The summed E-state index contributed by atoms with van der Waals surface area (Å²) in [5.41, 5.74) is 7.47. The van der Waals surface area contributed by atoms with E-state index in [9.17, 15) is 0 Å². The van der Waals surface area contributed by atoms with Crippen molar-refractivity contribution < 1.29 is 4.42 Å². The minimum atomic E-state index is 0.879. The lowest BCUT2D eigenvalue weighted by Gasteiger charge is -2.26. The molecule has 0 spiro atoms. The first-order valence-corrected chi connectivity index (χ1v) is 13.6. The van der Waals surface area contributed by atoms with Crippen LogP contribution in [0, 0.1) is 0 Å². The minimum Gasteiger partial charge on any atom is -0.456 e. The molecule has 0 unspecified atom stereocenters. The van der Waals surface area contributed by atoms with Crippen molar-refractivity contribution in [2.75, 3.05) is 4.90 Å². The third-order valence-electron chi connectivity index (χ3n) is 7.83. The molecule has 0 saturated heterocycles.